The molecule has 0 saturated heterocycles. The van der Waals surface area contributed by atoms with Gasteiger partial charge in [0.2, 0.25) is 0 Å². The lowest BCUT2D eigenvalue weighted by Crippen LogP contribution is -2.05. The Labute approximate surface area is 106 Å². The molecule has 0 spiro atoms. The average molecular weight is 241 g/mol. The van der Waals surface area contributed by atoms with Gasteiger partial charge >= 0.3 is 0 Å². The first-order valence-electron chi connectivity index (χ1n) is 5.71. The first kappa shape index (κ1) is 12.1. The maximum Gasteiger partial charge on any atom is 0.159 e. The van der Waals surface area contributed by atoms with E-state index in [4.69, 9.17) is 5.73 Å². The van der Waals surface area contributed by atoms with E-state index < -0.39 is 0 Å². The van der Waals surface area contributed by atoms with Gasteiger partial charge in [-0.25, -0.2) is 0 Å². The molecule has 4 nitrogen and oxygen atoms in total. The second kappa shape index (κ2) is 5.31. The minimum atomic E-state index is 0.0120. The number of ketones is 1. The highest BCUT2D eigenvalue weighted by atomic mass is 16.1. The number of nitrogen functional groups attached to an aromatic ring is 1. The first-order chi connectivity index (χ1) is 8.66. The van der Waals surface area contributed by atoms with Crippen LogP contribution in [0.25, 0.3) is 0 Å². The van der Waals surface area contributed by atoms with Crippen LogP contribution in [0.1, 0.15) is 23.0 Å². The van der Waals surface area contributed by atoms with E-state index in [-0.39, 0.29) is 5.78 Å². The van der Waals surface area contributed by atoms with Crippen LogP contribution in [-0.2, 0) is 6.54 Å². The number of hydrogen-bond acceptors (Lipinski definition) is 4. The number of carbonyl (C=O) groups is 1. The lowest BCUT2D eigenvalue weighted by Gasteiger charge is -2.09. The molecule has 0 fully saturated rings. The van der Waals surface area contributed by atoms with Crippen LogP contribution in [0.15, 0.2) is 42.6 Å². The van der Waals surface area contributed by atoms with Crippen LogP contribution >= 0.6 is 0 Å². The molecule has 2 rings (SSSR count). The van der Waals surface area contributed by atoms with E-state index in [1.807, 2.05) is 24.3 Å². The molecule has 0 radical (unpaired) electrons. The molecule has 0 atom stereocenters. The van der Waals surface area contributed by atoms with E-state index in [0.29, 0.717) is 17.8 Å². The number of nitrogens with one attached hydrogen (secondary N) is 1. The monoisotopic (exact) mass is 241 g/mol. The Kier molecular flexibility index (Phi) is 3.57. The van der Waals surface area contributed by atoms with Gasteiger partial charge in [0.05, 0.1) is 23.6 Å². The van der Waals surface area contributed by atoms with Crippen molar-refractivity contribution in [3.8, 4) is 0 Å². The highest BCUT2D eigenvalue weighted by molar-refractivity contribution is 5.95. The lowest BCUT2D eigenvalue weighted by molar-refractivity contribution is 0.101. The molecule has 1 heterocycles. The van der Waals surface area contributed by atoms with E-state index in [1.54, 1.807) is 18.3 Å². The summed E-state index contributed by atoms with van der Waals surface area (Å²) in [4.78, 5) is 15.4. The van der Waals surface area contributed by atoms with Gasteiger partial charge in [0.25, 0.3) is 0 Å². The number of rotatable bonds is 4. The molecule has 1 aromatic carbocycles. The predicted molar refractivity (Wildman–Crippen MR) is 72.4 cm³/mol. The summed E-state index contributed by atoms with van der Waals surface area (Å²) in [7, 11) is 0. The highest BCUT2D eigenvalue weighted by Gasteiger charge is 2.04. The van der Waals surface area contributed by atoms with Crippen molar-refractivity contribution in [1.82, 2.24) is 4.98 Å². The van der Waals surface area contributed by atoms with E-state index >= 15 is 0 Å². The fourth-order valence-electron chi connectivity index (χ4n) is 1.63. The number of pyridine rings is 1. The van der Waals surface area contributed by atoms with E-state index in [9.17, 15) is 4.79 Å². The van der Waals surface area contributed by atoms with Gasteiger partial charge in [-0.15, -0.1) is 0 Å². The summed E-state index contributed by atoms with van der Waals surface area (Å²) in [6.07, 6.45) is 1.75. The third-order valence-corrected chi connectivity index (χ3v) is 2.64. The molecule has 0 bridgehead atoms. The minimum Gasteiger partial charge on any atom is -0.397 e. The molecule has 0 amide bonds. The van der Waals surface area contributed by atoms with Crippen molar-refractivity contribution in [2.45, 2.75) is 13.5 Å². The van der Waals surface area contributed by atoms with Gasteiger partial charge in [-0.2, -0.15) is 0 Å². The molecule has 0 aliphatic heterocycles. The maximum absolute atomic E-state index is 11.2. The smallest absolute Gasteiger partial charge is 0.159 e. The zero-order valence-electron chi connectivity index (χ0n) is 10.2. The second-order valence-corrected chi connectivity index (χ2v) is 4.03. The zero-order valence-corrected chi connectivity index (χ0v) is 10.2. The number of Topliss-reactive ketones (excluding diaryl/α,β-unsaturated/α-hetero) is 1. The zero-order chi connectivity index (χ0) is 13.0. The van der Waals surface area contributed by atoms with Crippen molar-refractivity contribution in [3.05, 3.63) is 53.9 Å². The Hall–Kier alpha value is -2.36. The van der Waals surface area contributed by atoms with Gasteiger partial charge < -0.3 is 11.1 Å². The van der Waals surface area contributed by atoms with Crippen LogP contribution in [0.4, 0.5) is 11.4 Å². The van der Waals surface area contributed by atoms with Crippen LogP contribution < -0.4 is 11.1 Å². The quantitative estimate of drug-likeness (QED) is 0.637. The summed E-state index contributed by atoms with van der Waals surface area (Å²) in [6.45, 7) is 2.13. The molecule has 4 heteroatoms. The maximum atomic E-state index is 11.2. The second-order valence-electron chi connectivity index (χ2n) is 4.03. The Morgan fingerprint density at radius 3 is 2.78 bits per heavy atom. The van der Waals surface area contributed by atoms with Crippen LogP contribution in [0.3, 0.4) is 0 Å². The van der Waals surface area contributed by atoms with E-state index in [1.165, 1.54) is 6.92 Å². The van der Waals surface area contributed by atoms with Crippen LogP contribution in [0.5, 0.6) is 0 Å². The van der Waals surface area contributed by atoms with Crippen molar-refractivity contribution < 1.29 is 4.79 Å². The fraction of sp³-hybridized carbons (Fsp3) is 0.143. The van der Waals surface area contributed by atoms with Gasteiger partial charge in [-0.05, 0) is 37.3 Å². The molecular formula is C14H15N3O. The topological polar surface area (TPSA) is 68.0 Å². The lowest BCUT2D eigenvalue weighted by atomic mass is 10.1. The van der Waals surface area contributed by atoms with Crippen LogP contribution in [0.2, 0.25) is 0 Å². The van der Waals surface area contributed by atoms with Crippen molar-refractivity contribution in [2.24, 2.45) is 0 Å². The molecule has 0 saturated carbocycles. The molecule has 0 unspecified atom stereocenters. The van der Waals surface area contributed by atoms with Gasteiger partial charge in [0, 0.05) is 11.8 Å². The molecule has 18 heavy (non-hydrogen) atoms. The number of hydrogen-bond donors (Lipinski definition) is 2. The number of carbonyl (C=O) groups excluding carboxylic acids is 1. The standard InChI is InChI=1S/C14H15N3O/c1-10(18)11-5-6-14(13(15)8-11)17-9-12-4-2-3-7-16-12/h2-8,17H,9,15H2,1H3. The molecule has 0 aliphatic carbocycles. The van der Waals surface area contributed by atoms with Crippen molar-refractivity contribution in [3.63, 3.8) is 0 Å². The molecule has 2 aromatic rings. The Morgan fingerprint density at radius 1 is 1.33 bits per heavy atom. The number of anilines is 2. The Morgan fingerprint density at radius 2 is 2.17 bits per heavy atom. The third-order valence-electron chi connectivity index (χ3n) is 2.64. The summed E-state index contributed by atoms with van der Waals surface area (Å²) in [5.41, 5.74) is 8.83. The summed E-state index contributed by atoms with van der Waals surface area (Å²) >= 11 is 0. The predicted octanol–water partition coefficient (Wildman–Crippen LogP) is 2.48. The van der Waals surface area contributed by atoms with Crippen LogP contribution in [0, 0.1) is 0 Å². The number of nitrogens with zero attached hydrogens (tertiary/aromatic N) is 1. The van der Waals surface area contributed by atoms with Gasteiger partial charge in [0.1, 0.15) is 0 Å². The third kappa shape index (κ3) is 2.85. The summed E-state index contributed by atoms with van der Waals surface area (Å²) in [5.74, 6) is 0.0120. The normalized spacial score (nSPS) is 10.1. The fourth-order valence-corrected chi connectivity index (χ4v) is 1.63. The van der Waals surface area contributed by atoms with Crippen molar-refractivity contribution in [1.29, 1.82) is 0 Å². The molecular weight excluding hydrogens is 226 g/mol. The summed E-state index contributed by atoms with van der Waals surface area (Å²) < 4.78 is 0. The number of aromatic nitrogens is 1. The van der Waals surface area contributed by atoms with Gasteiger partial charge in [-0.1, -0.05) is 6.07 Å². The molecule has 92 valence electrons. The summed E-state index contributed by atoms with van der Waals surface area (Å²) in [5, 5.41) is 3.20. The van der Waals surface area contributed by atoms with E-state index in [0.717, 1.165) is 11.4 Å². The van der Waals surface area contributed by atoms with Crippen LogP contribution in [-0.4, -0.2) is 10.8 Å². The molecule has 3 N–H and O–H groups in total. The Bertz CT molecular complexity index is 552. The highest BCUT2D eigenvalue weighted by Crippen LogP contribution is 2.20. The molecule has 0 aliphatic rings. The largest absolute Gasteiger partial charge is 0.397 e. The SMILES string of the molecule is CC(=O)c1ccc(NCc2ccccn2)c(N)c1. The minimum absolute atomic E-state index is 0.0120. The summed E-state index contributed by atoms with van der Waals surface area (Å²) in [6, 6.07) is 11.0. The average Bonchev–Trinajstić information content (AvgIpc) is 2.38. The Balaban J connectivity index is 2.08. The van der Waals surface area contributed by atoms with Gasteiger partial charge in [-0.3, -0.25) is 9.78 Å². The van der Waals surface area contributed by atoms with Gasteiger partial charge in [0.15, 0.2) is 5.78 Å². The number of nitrogens with two attached hydrogens (primary N) is 1. The molecule has 1 aromatic heterocycles. The first-order valence-corrected chi connectivity index (χ1v) is 5.71. The van der Waals surface area contributed by atoms with Crippen molar-refractivity contribution in [2.75, 3.05) is 11.1 Å². The van der Waals surface area contributed by atoms with E-state index in [2.05, 4.69) is 10.3 Å². The number of benzene rings is 1. The van der Waals surface area contributed by atoms with Crippen molar-refractivity contribution >= 4 is 17.2 Å².